The van der Waals surface area contributed by atoms with Crippen LogP contribution in [0, 0.1) is 0 Å². The molecular weight excluding hydrogens is 461 g/mol. The second-order valence-corrected chi connectivity index (χ2v) is 6.52. The van der Waals surface area contributed by atoms with E-state index in [1.807, 2.05) is 38.1 Å². The molecule has 0 heterocycles. The quantitative estimate of drug-likeness (QED) is 0.337. The molecule has 142 valence electrons. The number of nitrogens with zero attached hydrogens (tertiary/aromatic N) is 1. The summed E-state index contributed by atoms with van der Waals surface area (Å²) in [6.07, 6.45) is 0.246. The van der Waals surface area contributed by atoms with Crippen LogP contribution in [0.15, 0.2) is 53.5 Å². The van der Waals surface area contributed by atoms with Crippen LogP contribution in [0.5, 0.6) is 0 Å². The predicted octanol–water partition coefficient (Wildman–Crippen LogP) is 4.75. The summed E-state index contributed by atoms with van der Waals surface area (Å²) in [7, 11) is 1.76. The molecule has 0 saturated heterocycles. The highest BCUT2D eigenvalue weighted by molar-refractivity contribution is 14.0. The lowest BCUT2D eigenvalue weighted by atomic mass is 10.1. The zero-order valence-electron chi connectivity index (χ0n) is 15.5. The number of benzene rings is 2. The van der Waals surface area contributed by atoms with E-state index in [1.165, 1.54) is 11.1 Å². The maximum absolute atomic E-state index is 6.01. The number of halogens is 2. The van der Waals surface area contributed by atoms with Crippen LogP contribution in [-0.4, -0.2) is 19.1 Å². The van der Waals surface area contributed by atoms with Crippen LogP contribution >= 0.6 is 35.6 Å². The largest absolute Gasteiger partial charge is 0.374 e. The zero-order valence-corrected chi connectivity index (χ0v) is 18.5. The lowest BCUT2D eigenvalue weighted by Gasteiger charge is -2.13. The Balaban J connectivity index is 0.00000338. The summed E-state index contributed by atoms with van der Waals surface area (Å²) >= 11 is 6.01. The van der Waals surface area contributed by atoms with E-state index in [4.69, 9.17) is 16.3 Å². The number of hydrogen-bond donors (Lipinski definition) is 2. The minimum Gasteiger partial charge on any atom is -0.374 e. The molecule has 4 nitrogen and oxygen atoms in total. The van der Waals surface area contributed by atoms with Crippen molar-refractivity contribution in [3.63, 3.8) is 0 Å². The number of nitrogens with one attached hydrogen (secondary N) is 2. The molecule has 0 atom stereocenters. The van der Waals surface area contributed by atoms with Gasteiger partial charge in [0, 0.05) is 25.2 Å². The minimum atomic E-state index is 0. The summed E-state index contributed by atoms with van der Waals surface area (Å²) in [4.78, 5) is 4.25. The van der Waals surface area contributed by atoms with Crippen molar-refractivity contribution < 1.29 is 4.74 Å². The molecule has 0 fully saturated rings. The van der Waals surface area contributed by atoms with Gasteiger partial charge in [-0.05, 0) is 42.7 Å². The van der Waals surface area contributed by atoms with E-state index in [0.29, 0.717) is 19.7 Å². The topological polar surface area (TPSA) is 45.7 Å². The summed E-state index contributed by atoms with van der Waals surface area (Å²) in [5.74, 6) is 0.757. The monoisotopic (exact) mass is 487 g/mol. The van der Waals surface area contributed by atoms with Gasteiger partial charge in [0.2, 0.25) is 0 Å². The number of guanidine groups is 1. The second kappa shape index (κ2) is 12.1. The molecule has 2 aromatic carbocycles. The fraction of sp³-hybridized carbons (Fsp3) is 0.350. The normalized spacial score (nSPS) is 11.2. The van der Waals surface area contributed by atoms with Gasteiger partial charge in [-0.3, -0.25) is 4.99 Å². The van der Waals surface area contributed by atoms with Crippen molar-refractivity contribution >= 4 is 41.5 Å². The van der Waals surface area contributed by atoms with Gasteiger partial charge in [0.15, 0.2) is 5.96 Å². The van der Waals surface area contributed by atoms with Crippen molar-refractivity contribution in [1.29, 1.82) is 0 Å². The van der Waals surface area contributed by atoms with Crippen LogP contribution < -0.4 is 10.6 Å². The smallest absolute Gasteiger partial charge is 0.191 e. The number of rotatable bonds is 7. The SMILES string of the molecule is CN=C(NCc1ccc(COC(C)C)cc1)NCc1cccc(Cl)c1.I. The molecule has 0 saturated carbocycles. The van der Waals surface area contributed by atoms with Crippen LogP contribution in [0.1, 0.15) is 30.5 Å². The van der Waals surface area contributed by atoms with Crippen molar-refractivity contribution in [3.8, 4) is 0 Å². The molecule has 2 aromatic rings. The van der Waals surface area contributed by atoms with Gasteiger partial charge >= 0.3 is 0 Å². The zero-order chi connectivity index (χ0) is 18.1. The first-order valence-corrected chi connectivity index (χ1v) is 8.83. The van der Waals surface area contributed by atoms with E-state index in [2.05, 4.69) is 39.9 Å². The highest BCUT2D eigenvalue weighted by atomic mass is 127. The third-order valence-corrected chi connectivity index (χ3v) is 3.87. The van der Waals surface area contributed by atoms with E-state index >= 15 is 0 Å². The molecular formula is C20H27ClIN3O. The molecule has 0 aliphatic carbocycles. The van der Waals surface area contributed by atoms with Crippen LogP contribution in [-0.2, 0) is 24.4 Å². The van der Waals surface area contributed by atoms with Crippen LogP contribution in [0.2, 0.25) is 5.02 Å². The predicted molar refractivity (Wildman–Crippen MR) is 120 cm³/mol. The average molecular weight is 488 g/mol. The van der Waals surface area contributed by atoms with E-state index in [-0.39, 0.29) is 30.1 Å². The molecule has 0 bridgehead atoms. The van der Waals surface area contributed by atoms with Crippen molar-refractivity contribution in [2.24, 2.45) is 4.99 Å². The number of hydrogen-bond acceptors (Lipinski definition) is 2. The molecule has 2 N–H and O–H groups in total. The van der Waals surface area contributed by atoms with Gasteiger partial charge in [-0.25, -0.2) is 0 Å². The molecule has 0 unspecified atom stereocenters. The molecule has 0 radical (unpaired) electrons. The van der Waals surface area contributed by atoms with Gasteiger partial charge in [-0.2, -0.15) is 0 Å². The third-order valence-electron chi connectivity index (χ3n) is 3.64. The Hall–Kier alpha value is -1.31. The first-order valence-electron chi connectivity index (χ1n) is 8.45. The van der Waals surface area contributed by atoms with Crippen molar-refractivity contribution in [2.45, 2.75) is 39.6 Å². The standard InChI is InChI=1S/C20H26ClN3O.HI/c1-15(2)25-14-17-9-7-16(8-10-17)12-23-20(22-3)24-13-18-5-4-6-19(21)11-18;/h4-11,15H,12-14H2,1-3H3,(H2,22,23,24);1H. The molecule has 2 rings (SSSR count). The molecule has 6 heteroatoms. The Bertz CT molecular complexity index is 690. The van der Waals surface area contributed by atoms with Crippen LogP contribution in [0.3, 0.4) is 0 Å². The first kappa shape index (κ1) is 22.7. The maximum Gasteiger partial charge on any atom is 0.191 e. The van der Waals surface area contributed by atoms with Crippen molar-refractivity contribution in [1.82, 2.24) is 10.6 Å². The van der Waals surface area contributed by atoms with Crippen molar-refractivity contribution in [3.05, 3.63) is 70.2 Å². The molecule has 0 amide bonds. The summed E-state index contributed by atoms with van der Waals surface area (Å²) in [5.41, 5.74) is 3.49. The fourth-order valence-corrected chi connectivity index (χ4v) is 2.47. The maximum atomic E-state index is 6.01. The highest BCUT2D eigenvalue weighted by Gasteiger charge is 2.01. The average Bonchev–Trinajstić information content (AvgIpc) is 2.61. The Morgan fingerprint density at radius 2 is 1.62 bits per heavy atom. The van der Waals surface area contributed by atoms with Gasteiger partial charge in [0.1, 0.15) is 0 Å². The molecule has 0 spiro atoms. The Morgan fingerprint density at radius 3 is 2.19 bits per heavy atom. The molecule has 0 aromatic heterocycles. The number of aliphatic imine (C=N–C) groups is 1. The second-order valence-electron chi connectivity index (χ2n) is 6.09. The summed E-state index contributed by atoms with van der Waals surface area (Å²) in [5, 5.41) is 7.34. The summed E-state index contributed by atoms with van der Waals surface area (Å²) < 4.78 is 5.61. The van der Waals surface area contributed by atoms with Gasteiger partial charge in [0.05, 0.1) is 12.7 Å². The van der Waals surface area contributed by atoms with E-state index in [0.717, 1.165) is 16.5 Å². The summed E-state index contributed by atoms with van der Waals surface area (Å²) in [6.45, 7) is 6.11. The van der Waals surface area contributed by atoms with Crippen LogP contribution in [0.25, 0.3) is 0 Å². The number of ether oxygens (including phenoxy) is 1. The molecule has 0 aliphatic heterocycles. The Labute approximate surface area is 178 Å². The van der Waals surface area contributed by atoms with Crippen molar-refractivity contribution in [2.75, 3.05) is 7.05 Å². The van der Waals surface area contributed by atoms with E-state index in [1.54, 1.807) is 7.05 Å². The Morgan fingerprint density at radius 1 is 1.00 bits per heavy atom. The van der Waals surface area contributed by atoms with Gasteiger partial charge in [0.25, 0.3) is 0 Å². The Kier molecular flexibility index (Phi) is 10.6. The van der Waals surface area contributed by atoms with Gasteiger partial charge < -0.3 is 15.4 Å². The van der Waals surface area contributed by atoms with E-state index in [9.17, 15) is 0 Å². The first-order chi connectivity index (χ1) is 12.1. The summed E-state index contributed by atoms with van der Waals surface area (Å²) in [6, 6.07) is 16.2. The minimum absolute atomic E-state index is 0. The lowest BCUT2D eigenvalue weighted by Crippen LogP contribution is -2.36. The molecule has 0 aliphatic rings. The van der Waals surface area contributed by atoms with E-state index < -0.39 is 0 Å². The van der Waals surface area contributed by atoms with Gasteiger partial charge in [-0.1, -0.05) is 48.0 Å². The highest BCUT2D eigenvalue weighted by Crippen LogP contribution is 2.10. The van der Waals surface area contributed by atoms with Gasteiger partial charge in [-0.15, -0.1) is 24.0 Å². The lowest BCUT2D eigenvalue weighted by molar-refractivity contribution is 0.0657. The van der Waals surface area contributed by atoms with Crippen LogP contribution in [0.4, 0.5) is 0 Å². The molecule has 26 heavy (non-hydrogen) atoms. The third kappa shape index (κ3) is 8.38. The fourth-order valence-electron chi connectivity index (χ4n) is 2.26.